The van der Waals surface area contributed by atoms with Crippen LogP contribution in [0.15, 0.2) is 82.6 Å². The number of ether oxygens (including phenoxy) is 1. The van der Waals surface area contributed by atoms with Crippen LogP contribution < -0.4 is 19.8 Å². The lowest BCUT2D eigenvalue weighted by atomic mass is 9.68. The highest BCUT2D eigenvalue weighted by Crippen LogP contribution is 2.68. The Morgan fingerprint density at radius 2 is 1.73 bits per heavy atom. The summed E-state index contributed by atoms with van der Waals surface area (Å²) in [5.74, 6) is -1.93. The Kier molecular flexibility index (Phi) is 6.61. The number of benzene rings is 3. The molecule has 4 aliphatic rings. The molecule has 3 amide bonds. The first-order valence-electron chi connectivity index (χ1n) is 14.6. The highest BCUT2D eigenvalue weighted by molar-refractivity contribution is 8.00. The maximum atomic E-state index is 13.9. The molecule has 3 heterocycles. The Morgan fingerprint density at radius 1 is 1.00 bits per heavy atom. The van der Waals surface area contributed by atoms with Crippen molar-refractivity contribution in [2.45, 2.75) is 22.6 Å². The quantitative estimate of drug-likeness (QED) is 0.200. The van der Waals surface area contributed by atoms with Crippen LogP contribution in [0.1, 0.15) is 22.8 Å². The molecule has 8 rings (SSSR count). The monoisotopic (exact) mass is 643 g/mol. The summed E-state index contributed by atoms with van der Waals surface area (Å²) in [7, 11) is 0. The fourth-order valence-electron chi connectivity index (χ4n) is 7.92. The standard InChI is InChI=1S/C33H26FN3O6S2/c34-16-4-8-18(9-5-16)37-31(40)26-21-13-22(27(26)32(37)41)28-25(21)24(29-30(44-28)36-33(42)45-29)15-2-1-3-20(12-15)43-14-23(39)35-17-6-10-19(38)11-7-17/h1-12,21-22,24-28,38H,13-14H2,(H,35,39)(H,36,42)/t21?,22?,24-,25?,26?,27?,28?/m1/s1. The van der Waals surface area contributed by atoms with Crippen LogP contribution in [0.4, 0.5) is 15.8 Å². The Balaban J connectivity index is 1.08. The van der Waals surface area contributed by atoms with Crippen molar-refractivity contribution in [1.29, 1.82) is 0 Å². The number of thiazole rings is 1. The van der Waals surface area contributed by atoms with E-state index in [0.717, 1.165) is 21.9 Å². The summed E-state index contributed by atoms with van der Waals surface area (Å²) in [4.78, 5) is 57.7. The molecule has 3 fully saturated rings. The number of fused-ring (bicyclic) bond motifs is 9. The number of imide groups is 1. The number of aromatic amines is 1. The van der Waals surface area contributed by atoms with Crippen LogP contribution in [0.5, 0.6) is 11.5 Å². The van der Waals surface area contributed by atoms with Gasteiger partial charge in [-0.05, 0) is 90.4 Å². The average Bonchev–Trinajstić information content (AvgIpc) is 3.77. The molecule has 1 saturated heterocycles. The highest BCUT2D eigenvalue weighted by atomic mass is 32.2. The van der Waals surface area contributed by atoms with Gasteiger partial charge < -0.3 is 20.1 Å². The summed E-state index contributed by atoms with van der Waals surface area (Å²) in [5.41, 5.74) is 1.83. The van der Waals surface area contributed by atoms with Gasteiger partial charge in [0.05, 0.1) is 22.5 Å². The molecule has 0 radical (unpaired) electrons. The number of carbonyl (C=O) groups is 3. The van der Waals surface area contributed by atoms with Gasteiger partial charge in [-0.1, -0.05) is 23.5 Å². The molecule has 4 aromatic rings. The van der Waals surface area contributed by atoms with Crippen molar-refractivity contribution in [2.75, 3.05) is 16.8 Å². The van der Waals surface area contributed by atoms with Crippen LogP contribution in [0.25, 0.3) is 0 Å². The van der Waals surface area contributed by atoms with Gasteiger partial charge in [-0.3, -0.25) is 24.1 Å². The minimum Gasteiger partial charge on any atom is -0.508 e. The summed E-state index contributed by atoms with van der Waals surface area (Å²) in [6.45, 7) is -0.232. The molecule has 9 nitrogen and oxygen atoms in total. The van der Waals surface area contributed by atoms with Gasteiger partial charge in [0.1, 0.15) is 17.3 Å². The number of hydrogen-bond acceptors (Lipinski definition) is 8. The molecule has 2 aliphatic carbocycles. The first-order chi connectivity index (χ1) is 21.8. The summed E-state index contributed by atoms with van der Waals surface area (Å²) in [5, 5.41) is 13.0. The summed E-state index contributed by atoms with van der Waals surface area (Å²) in [6.07, 6.45) is 0.746. The molecule has 2 aliphatic heterocycles. The largest absolute Gasteiger partial charge is 0.508 e. The molecule has 12 heteroatoms. The smallest absolute Gasteiger partial charge is 0.305 e. The van der Waals surface area contributed by atoms with Crippen LogP contribution in [0, 0.1) is 35.4 Å². The maximum Gasteiger partial charge on any atom is 0.305 e. The van der Waals surface area contributed by atoms with Gasteiger partial charge in [-0.2, -0.15) is 0 Å². The van der Waals surface area contributed by atoms with E-state index >= 15 is 0 Å². The number of amides is 3. The van der Waals surface area contributed by atoms with Crippen molar-refractivity contribution >= 4 is 52.2 Å². The van der Waals surface area contributed by atoms with Gasteiger partial charge >= 0.3 is 4.87 Å². The molecule has 0 spiro atoms. The van der Waals surface area contributed by atoms with E-state index in [1.165, 1.54) is 52.6 Å². The first kappa shape index (κ1) is 28.1. The van der Waals surface area contributed by atoms with E-state index in [4.69, 9.17) is 4.74 Å². The Morgan fingerprint density at radius 3 is 2.49 bits per heavy atom. The summed E-state index contributed by atoms with van der Waals surface area (Å²) < 4.78 is 19.5. The van der Waals surface area contributed by atoms with Crippen LogP contribution in [-0.4, -0.2) is 39.7 Å². The van der Waals surface area contributed by atoms with Crippen molar-refractivity contribution < 1.29 is 28.6 Å². The van der Waals surface area contributed by atoms with Crippen molar-refractivity contribution in [3.63, 3.8) is 0 Å². The molecule has 45 heavy (non-hydrogen) atoms. The molecule has 2 saturated carbocycles. The van der Waals surface area contributed by atoms with E-state index < -0.39 is 17.7 Å². The number of carbonyl (C=O) groups excluding carboxylic acids is 3. The number of halogens is 1. The molecule has 2 bridgehead atoms. The maximum absolute atomic E-state index is 13.9. The van der Waals surface area contributed by atoms with Crippen molar-refractivity contribution in [1.82, 2.24) is 4.98 Å². The van der Waals surface area contributed by atoms with Gasteiger partial charge in [0.2, 0.25) is 11.8 Å². The van der Waals surface area contributed by atoms with Crippen LogP contribution in [0.2, 0.25) is 0 Å². The van der Waals surface area contributed by atoms with E-state index in [2.05, 4.69) is 10.3 Å². The number of rotatable bonds is 6. The number of nitrogens with zero attached hydrogens (tertiary/aromatic N) is 1. The van der Waals surface area contributed by atoms with Crippen LogP contribution >= 0.6 is 23.1 Å². The molecule has 3 aromatic carbocycles. The third kappa shape index (κ3) is 4.57. The predicted molar refractivity (Wildman–Crippen MR) is 166 cm³/mol. The summed E-state index contributed by atoms with van der Waals surface area (Å²) >= 11 is 2.77. The predicted octanol–water partition coefficient (Wildman–Crippen LogP) is 4.98. The number of anilines is 2. The zero-order valence-corrected chi connectivity index (χ0v) is 25.1. The van der Waals surface area contributed by atoms with E-state index in [0.29, 0.717) is 17.1 Å². The molecule has 228 valence electrons. The lowest BCUT2D eigenvalue weighted by Crippen LogP contribution is -2.42. The number of nitrogens with one attached hydrogen (secondary N) is 2. The first-order valence-corrected chi connectivity index (χ1v) is 16.3. The van der Waals surface area contributed by atoms with E-state index in [1.807, 2.05) is 18.2 Å². The van der Waals surface area contributed by atoms with Gasteiger partial charge in [0.15, 0.2) is 6.61 Å². The minimum atomic E-state index is -0.475. The van der Waals surface area contributed by atoms with E-state index in [-0.39, 0.29) is 63.9 Å². The second-order valence-electron chi connectivity index (χ2n) is 11.9. The third-order valence-corrected chi connectivity index (χ3v) is 12.1. The van der Waals surface area contributed by atoms with Gasteiger partial charge in [0.25, 0.3) is 5.91 Å². The van der Waals surface area contributed by atoms with Gasteiger partial charge in [0, 0.05) is 21.7 Å². The topological polar surface area (TPSA) is 129 Å². The number of phenolic OH excluding ortho intramolecular Hbond substituents is 1. The van der Waals surface area contributed by atoms with Crippen LogP contribution in [0.3, 0.4) is 0 Å². The SMILES string of the molecule is O=C(COc1cccc([C@H]2c3sc(=O)[nH]c3SC3C4CC(C5C(=O)N(c6ccc(F)cc6)C(=O)C45)C32)c1)Nc1ccc(O)cc1. The highest BCUT2D eigenvalue weighted by Gasteiger charge is 2.69. The zero-order chi connectivity index (χ0) is 31.0. The zero-order valence-electron chi connectivity index (χ0n) is 23.5. The Labute approximate surface area is 264 Å². The lowest BCUT2D eigenvalue weighted by Gasteiger charge is -2.43. The second-order valence-corrected chi connectivity index (χ2v) is 14.1. The molecular formula is C33H26FN3O6S2. The normalized spacial score (nSPS) is 27.7. The van der Waals surface area contributed by atoms with Gasteiger partial charge in [-0.15, -0.1) is 11.8 Å². The number of H-pyrrole nitrogens is 1. The number of phenols is 1. The van der Waals surface area contributed by atoms with Crippen molar-refractivity contribution in [3.8, 4) is 11.5 Å². The molecule has 3 N–H and O–H groups in total. The molecule has 6 unspecified atom stereocenters. The van der Waals surface area contributed by atoms with E-state index in [1.54, 1.807) is 30.0 Å². The number of hydrogen-bond donors (Lipinski definition) is 3. The number of aromatic hydroxyl groups is 1. The van der Waals surface area contributed by atoms with E-state index in [9.17, 15) is 28.7 Å². The third-order valence-electron chi connectivity index (χ3n) is 9.55. The second kappa shape index (κ2) is 10.6. The lowest BCUT2D eigenvalue weighted by molar-refractivity contribution is -0.123. The van der Waals surface area contributed by atoms with Crippen molar-refractivity contribution in [2.24, 2.45) is 29.6 Å². The fourth-order valence-corrected chi connectivity index (χ4v) is 10.8. The van der Waals surface area contributed by atoms with Crippen LogP contribution in [-0.2, 0) is 14.4 Å². The number of aromatic nitrogens is 1. The number of thioether (sulfide) groups is 1. The Bertz CT molecular complexity index is 1910. The van der Waals surface area contributed by atoms with Gasteiger partial charge in [-0.25, -0.2) is 4.39 Å². The summed E-state index contributed by atoms with van der Waals surface area (Å²) in [6, 6.07) is 19.1. The Hall–Kier alpha value is -4.42. The molecule has 1 aromatic heterocycles. The average molecular weight is 644 g/mol. The molecule has 7 atom stereocenters. The van der Waals surface area contributed by atoms with Crippen molar-refractivity contribution in [3.05, 3.63) is 98.7 Å². The molecular weight excluding hydrogens is 618 g/mol. The minimum absolute atomic E-state index is 0.00170. The fraction of sp³-hybridized carbons (Fsp3) is 0.273.